The van der Waals surface area contributed by atoms with E-state index in [1.165, 1.54) is 42.5 Å². The maximum absolute atomic E-state index is 12.9. The number of benzene rings is 2. The first-order chi connectivity index (χ1) is 9.38. The summed E-state index contributed by atoms with van der Waals surface area (Å²) in [5.74, 6) is -0.103. The molecular formula is C14H9F5O. The van der Waals surface area contributed by atoms with Crippen molar-refractivity contribution in [1.29, 1.82) is 0 Å². The second-order valence-electron chi connectivity index (χ2n) is 3.95. The molecule has 0 heterocycles. The SMILES string of the molecule is FC(F)Oc1ccc(-c2ccccc2C(F)(F)F)cc1. The minimum absolute atomic E-state index is 0.0106. The van der Waals surface area contributed by atoms with Crippen molar-refractivity contribution in [3.63, 3.8) is 0 Å². The fraction of sp³-hybridized carbons (Fsp3) is 0.143. The van der Waals surface area contributed by atoms with Crippen molar-refractivity contribution >= 4 is 0 Å². The molecule has 0 radical (unpaired) electrons. The maximum atomic E-state index is 12.9. The van der Waals surface area contributed by atoms with E-state index in [0.717, 1.165) is 6.07 Å². The van der Waals surface area contributed by atoms with Crippen LogP contribution in [0.4, 0.5) is 22.0 Å². The molecule has 106 valence electrons. The van der Waals surface area contributed by atoms with Gasteiger partial charge in [0.1, 0.15) is 5.75 Å². The van der Waals surface area contributed by atoms with E-state index in [9.17, 15) is 22.0 Å². The molecule has 0 saturated carbocycles. The highest BCUT2D eigenvalue weighted by molar-refractivity contribution is 5.68. The number of rotatable bonds is 3. The van der Waals surface area contributed by atoms with Crippen molar-refractivity contribution in [2.45, 2.75) is 12.8 Å². The fourth-order valence-corrected chi connectivity index (χ4v) is 1.80. The molecule has 0 amide bonds. The second-order valence-corrected chi connectivity index (χ2v) is 3.95. The van der Waals surface area contributed by atoms with Crippen LogP contribution in [0.2, 0.25) is 0 Å². The van der Waals surface area contributed by atoms with E-state index >= 15 is 0 Å². The van der Waals surface area contributed by atoms with Crippen molar-refractivity contribution in [3.8, 4) is 16.9 Å². The van der Waals surface area contributed by atoms with Gasteiger partial charge in [-0.25, -0.2) is 0 Å². The van der Waals surface area contributed by atoms with Crippen LogP contribution >= 0.6 is 0 Å². The van der Waals surface area contributed by atoms with Gasteiger partial charge in [0.25, 0.3) is 0 Å². The van der Waals surface area contributed by atoms with Gasteiger partial charge in [0.05, 0.1) is 5.56 Å². The van der Waals surface area contributed by atoms with Gasteiger partial charge in [-0.3, -0.25) is 0 Å². The van der Waals surface area contributed by atoms with Crippen LogP contribution < -0.4 is 4.74 Å². The largest absolute Gasteiger partial charge is 0.435 e. The van der Waals surface area contributed by atoms with Crippen LogP contribution in [0.25, 0.3) is 11.1 Å². The van der Waals surface area contributed by atoms with Crippen molar-refractivity contribution in [2.75, 3.05) is 0 Å². The number of hydrogen-bond donors (Lipinski definition) is 0. The molecule has 1 nitrogen and oxygen atoms in total. The summed E-state index contributed by atoms with van der Waals surface area (Å²) in [4.78, 5) is 0. The highest BCUT2D eigenvalue weighted by atomic mass is 19.4. The fourth-order valence-electron chi connectivity index (χ4n) is 1.80. The third-order valence-electron chi connectivity index (χ3n) is 2.62. The monoisotopic (exact) mass is 288 g/mol. The molecule has 2 aromatic carbocycles. The minimum atomic E-state index is -4.48. The van der Waals surface area contributed by atoms with Gasteiger partial charge in [-0.05, 0) is 29.3 Å². The summed E-state index contributed by atoms with van der Waals surface area (Å²) >= 11 is 0. The highest BCUT2D eigenvalue weighted by Crippen LogP contribution is 2.37. The van der Waals surface area contributed by atoms with E-state index in [4.69, 9.17) is 0 Å². The summed E-state index contributed by atoms with van der Waals surface area (Å²) in [6.07, 6.45) is -4.48. The lowest BCUT2D eigenvalue weighted by molar-refractivity contribution is -0.137. The van der Waals surface area contributed by atoms with E-state index < -0.39 is 18.4 Å². The van der Waals surface area contributed by atoms with Gasteiger partial charge in [-0.15, -0.1) is 0 Å². The first-order valence-corrected chi connectivity index (χ1v) is 5.59. The smallest absolute Gasteiger partial charge is 0.417 e. The van der Waals surface area contributed by atoms with Gasteiger partial charge in [-0.2, -0.15) is 22.0 Å². The third kappa shape index (κ3) is 3.26. The predicted molar refractivity (Wildman–Crippen MR) is 63.5 cm³/mol. The molecule has 0 aliphatic heterocycles. The zero-order valence-electron chi connectivity index (χ0n) is 9.99. The lowest BCUT2D eigenvalue weighted by Crippen LogP contribution is -2.06. The predicted octanol–water partition coefficient (Wildman–Crippen LogP) is 4.97. The Kier molecular flexibility index (Phi) is 3.92. The molecule has 0 saturated heterocycles. The van der Waals surface area contributed by atoms with E-state index in [0.29, 0.717) is 0 Å². The van der Waals surface area contributed by atoms with Gasteiger partial charge in [0.2, 0.25) is 0 Å². The lowest BCUT2D eigenvalue weighted by Gasteiger charge is -2.13. The molecule has 0 fully saturated rings. The molecule has 0 aliphatic carbocycles. The normalized spacial score (nSPS) is 11.7. The molecule has 0 bridgehead atoms. The lowest BCUT2D eigenvalue weighted by atomic mass is 9.99. The van der Waals surface area contributed by atoms with Crippen LogP contribution in [0.1, 0.15) is 5.56 Å². The Morgan fingerprint density at radius 1 is 0.850 bits per heavy atom. The quantitative estimate of drug-likeness (QED) is 0.724. The zero-order valence-corrected chi connectivity index (χ0v) is 9.99. The molecular weight excluding hydrogens is 279 g/mol. The van der Waals surface area contributed by atoms with Crippen LogP contribution in [0.5, 0.6) is 5.75 Å². The molecule has 2 rings (SSSR count). The Hall–Kier alpha value is -2.11. The summed E-state index contributed by atoms with van der Waals surface area (Å²) in [5, 5.41) is 0. The Morgan fingerprint density at radius 2 is 1.45 bits per heavy atom. The van der Waals surface area contributed by atoms with E-state index in [2.05, 4.69) is 4.74 Å². The number of alkyl halides is 5. The van der Waals surface area contributed by atoms with Crippen LogP contribution in [0, 0.1) is 0 Å². The van der Waals surface area contributed by atoms with Crippen LogP contribution in [-0.4, -0.2) is 6.61 Å². The average molecular weight is 288 g/mol. The van der Waals surface area contributed by atoms with Gasteiger partial charge in [0.15, 0.2) is 0 Å². The van der Waals surface area contributed by atoms with Gasteiger partial charge < -0.3 is 4.74 Å². The van der Waals surface area contributed by atoms with Gasteiger partial charge in [0, 0.05) is 0 Å². The molecule has 0 unspecified atom stereocenters. The average Bonchev–Trinajstić information content (AvgIpc) is 2.38. The Bertz CT molecular complexity index is 575. The summed E-state index contributed by atoms with van der Waals surface area (Å²) in [7, 11) is 0. The summed E-state index contributed by atoms with van der Waals surface area (Å²) in [6.45, 7) is -2.97. The molecule has 0 aliphatic rings. The molecule has 0 aromatic heterocycles. The maximum Gasteiger partial charge on any atom is 0.417 e. The number of hydrogen-bond acceptors (Lipinski definition) is 1. The first-order valence-electron chi connectivity index (χ1n) is 5.59. The molecule has 2 aromatic rings. The number of ether oxygens (including phenoxy) is 1. The highest BCUT2D eigenvalue weighted by Gasteiger charge is 2.33. The second kappa shape index (κ2) is 5.48. The molecule has 0 N–H and O–H groups in total. The van der Waals surface area contributed by atoms with Gasteiger partial charge >= 0.3 is 12.8 Å². The van der Waals surface area contributed by atoms with Crippen LogP contribution in [-0.2, 0) is 6.18 Å². The van der Waals surface area contributed by atoms with E-state index in [-0.39, 0.29) is 16.9 Å². The Morgan fingerprint density at radius 3 is 2.00 bits per heavy atom. The van der Waals surface area contributed by atoms with Crippen molar-refractivity contribution < 1.29 is 26.7 Å². The van der Waals surface area contributed by atoms with Crippen molar-refractivity contribution in [2.24, 2.45) is 0 Å². The minimum Gasteiger partial charge on any atom is -0.435 e. The summed E-state index contributed by atoms with van der Waals surface area (Å²) < 4.78 is 66.7. The molecule has 0 spiro atoms. The summed E-state index contributed by atoms with van der Waals surface area (Å²) in [5.41, 5.74) is -0.509. The topological polar surface area (TPSA) is 9.23 Å². The van der Waals surface area contributed by atoms with Crippen molar-refractivity contribution in [3.05, 3.63) is 54.1 Å². The van der Waals surface area contributed by atoms with Crippen molar-refractivity contribution in [1.82, 2.24) is 0 Å². The van der Waals surface area contributed by atoms with Crippen LogP contribution in [0.15, 0.2) is 48.5 Å². The molecule has 20 heavy (non-hydrogen) atoms. The Balaban J connectivity index is 2.37. The van der Waals surface area contributed by atoms with Crippen LogP contribution in [0.3, 0.4) is 0 Å². The third-order valence-corrected chi connectivity index (χ3v) is 2.62. The van der Waals surface area contributed by atoms with E-state index in [1.807, 2.05) is 0 Å². The zero-order chi connectivity index (χ0) is 14.8. The Labute approximate surface area is 111 Å². The molecule has 0 atom stereocenters. The van der Waals surface area contributed by atoms with E-state index in [1.54, 1.807) is 0 Å². The first kappa shape index (κ1) is 14.3. The molecule has 6 heteroatoms. The summed E-state index contributed by atoms with van der Waals surface area (Å²) in [6, 6.07) is 10.1. The number of halogens is 5. The standard InChI is InChI=1S/C14H9F5O/c15-13(16)20-10-7-5-9(6-8-10)11-3-1-2-4-12(11)14(17,18)19/h1-8,13H. The van der Waals surface area contributed by atoms with Gasteiger partial charge in [-0.1, -0.05) is 30.3 Å².